The summed E-state index contributed by atoms with van der Waals surface area (Å²) in [5.41, 5.74) is 6.61. The van der Waals surface area contributed by atoms with Crippen molar-refractivity contribution in [1.29, 1.82) is 0 Å². The quantitative estimate of drug-likeness (QED) is 0.680. The third-order valence-corrected chi connectivity index (χ3v) is 3.85. The molecule has 1 aliphatic carbocycles. The van der Waals surface area contributed by atoms with E-state index in [1.165, 1.54) is 6.26 Å². The van der Waals surface area contributed by atoms with Gasteiger partial charge in [-0.25, -0.2) is 0 Å². The van der Waals surface area contributed by atoms with Crippen molar-refractivity contribution in [3.63, 3.8) is 0 Å². The topological polar surface area (TPSA) is 97.4 Å². The monoisotopic (exact) mass is 293 g/mol. The Kier molecular flexibility index (Phi) is 5.38. The zero-order chi connectivity index (χ0) is 15.2. The third-order valence-electron chi connectivity index (χ3n) is 3.85. The van der Waals surface area contributed by atoms with Crippen LogP contribution < -0.4 is 16.4 Å². The van der Waals surface area contributed by atoms with Crippen LogP contribution in [0, 0.1) is 12.8 Å². The second-order valence-electron chi connectivity index (χ2n) is 5.60. The number of amides is 2. The predicted molar refractivity (Wildman–Crippen MR) is 78.7 cm³/mol. The molecule has 2 atom stereocenters. The summed E-state index contributed by atoms with van der Waals surface area (Å²) in [6, 6.07) is 1.91. The van der Waals surface area contributed by atoms with E-state index in [1.54, 1.807) is 6.07 Å². The molecule has 1 aliphatic rings. The molecule has 1 saturated carbocycles. The van der Waals surface area contributed by atoms with Crippen LogP contribution >= 0.6 is 0 Å². The van der Waals surface area contributed by atoms with Crippen molar-refractivity contribution in [2.24, 2.45) is 11.7 Å². The molecule has 116 valence electrons. The highest BCUT2D eigenvalue weighted by molar-refractivity contribution is 5.92. The summed E-state index contributed by atoms with van der Waals surface area (Å²) in [7, 11) is 0. The smallest absolute Gasteiger partial charge is 0.287 e. The van der Waals surface area contributed by atoms with Gasteiger partial charge in [-0.15, -0.1) is 0 Å². The fourth-order valence-electron chi connectivity index (χ4n) is 2.59. The van der Waals surface area contributed by atoms with Crippen LogP contribution in [0.5, 0.6) is 0 Å². The Morgan fingerprint density at radius 2 is 2.10 bits per heavy atom. The molecule has 1 aromatic heterocycles. The SMILES string of the molecule is Cc1ccoc1C(=O)NCCCNC(=O)C1CCC(N)C1. The van der Waals surface area contributed by atoms with E-state index in [4.69, 9.17) is 10.2 Å². The molecule has 0 aliphatic heterocycles. The minimum absolute atomic E-state index is 0.0559. The van der Waals surface area contributed by atoms with Crippen molar-refractivity contribution in [3.8, 4) is 0 Å². The molecule has 21 heavy (non-hydrogen) atoms. The molecule has 0 aromatic carbocycles. The zero-order valence-electron chi connectivity index (χ0n) is 12.4. The lowest BCUT2D eigenvalue weighted by Crippen LogP contribution is -2.33. The zero-order valence-corrected chi connectivity index (χ0v) is 12.4. The highest BCUT2D eigenvalue weighted by atomic mass is 16.3. The third kappa shape index (κ3) is 4.32. The summed E-state index contributed by atoms with van der Waals surface area (Å²) in [5, 5.41) is 5.67. The number of rotatable bonds is 6. The van der Waals surface area contributed by atoms with E-state index in [0.717, 1.165) is 24.8 Å². The second-order valence-corrected chi connectivity index (χ2v) is 5.60. The van der Waals surface area contributed by atoms with Crippen LogP contribution in [0.15, 0.2) is 16.7 Å². The lowest BCUT2D eigenvalue weighted by molar-refractivity contribution is -0.124. The van der Waals surface area contributed by atoms with Gasteiger partial charge in [0.15, 0.2) is 5.76 Å². The summed E-state index contributed by atoms with van der Waals surface area (Å²) in [5.74, 6) is 0.265. The molecule has 1 aromatic rings. The van der Waals surface area contributed by atoms with Gasteiger partial charge in [0.25, 0.3) is 5.91 Å². The van der Waals surface area contributed by atoms with Crippen molar-refractivity contribution >= 4 is 11.8 Å². The van der Waals surface area contributed by atoms with Crippen LogP contribution in [0.25, 0.3) is 0 Å². The normalized spacial score (nSPS) is 21.2. The van der Waals surface area contributed by atoms with E-state index < -0.39 is 0 Å². The minimum atomic E-state index is -0.217. The van der Waals surface area contributed by atoms with Crippen LogP contribution in [0.4, 0.5) is 0 Å². The number of hydrogen-bond donors (Lipinski definition) is 3. The van der Waals surface area contributed by atoms with Crippen LogP contribution in [-0.4, -0.2) is 30.9 Å². The van der Waals surface area contributed by atoms with Crippen LogP contribution in [0.2, 0.25) is 0 Å². The molecule has 0 bridgehead atoms. The largest absolute Gasteiger partial charge is 0.459 e. The van der Waals surface area contributed by atoms with Crippen LogP contribution in [-0.2, 0) is 4.79 Å². The molecule has 2 amide bonds. The van der Waals surface area contributed by atoms with Crippen molar-refractivity contribution in [2.45, 2.75) is 38.6 Å². The highest BCUT2D eigenvalue weighted by Gasteiger charge is 2.27. The molecule has 2 unspecified atom stereocenters. The summed E-state index contributed by atoms with van der Waals surface area (Å²) in [4.78, 5) is 23.6. The average Bonchev–Trinajstić information content (AvgIpc) is 3.06. The van der Waals surface area contributed by atoms with E-state index in [-0.39, 0.29) is 23.8 Å². The fourth-order valence-corrected chi connectivity index (χ4v) is 2.59. The molecule has 0 spiro atoms. The molecule has 0 saturated heterocycles. The lowest BCUT2D eigenvalue weighted by Gasteiger charge is -2.10. The molecular weight excluding hydrogens is 270 g/mol. The summed E-state index contributed by atoms with van der Waals surface area (Å²) in [6.45, 7) is 2.89. The Balaban J connectivity index is 1.59. The van der Waals surface area contributed by atoms with Gasteiger partial charge in [-0.3, -0.25) is 9.59 Å². The lowest BCUT2D eigenvalue weighted by atomic mass is 10.1. The van der Waals surface area contributed by atoms with Crippen molar-refractivity contribution in [2.75, 3.05) is 13.1 Å². The molecule has 4 N–H and O–H groups in total. The predicted octanol–water partition coefficient (Wildman–Crippen LogP) is 0.952. The van der Waals surface area contributed by atoms with Gasteiger partial charge in [-0.05, 0) is 38.7 Å². The van der Waals surface area contributed by atoms with Crippen LogP contribution in [0.1, 0.15) is 41.8 Å². The number of aryl methyl sites for hydroxylation is 1. The maximum absolute atomic E-state index is 11.9. The molecule has 6 heteroatoms. The molecule has 0 radical (unpaired) electrons. The Hall–Kier alpha value is -1.82. The van der Waals surface area contributed by atoms with Crippen molar-refractivity contribution in [3.05, 3.63) is 23.7 Å². The van der Waals surface area contributed by atoms with Gasteiger partial charge in [0.05, 0.1) is 6.26 Å². The Bertz CT molecular complexity index is 498. The van der Waals surface area contributed by atoms with E-state index >= 15 is 0 Å². The molecule has 1 fully saturated rings. The first kappa shape index (κ1) is 15.6. The number of carbonyl (C=O) groups is 2. The van der Waals surface area contributed by atoms with Crippen LogP contribution in [0.3, 0.4) is 0 Å². The number of nitrogens with two attached hydrogens (primary N) is 1. The summed E-state index contributed by atoms with van der Waals surface area (Å²) in [6.07, 6.45) is 4.77. The maximum Gasteiger partial charge on any atom is 0.287 e. The standard InChI is InChI=1S/C15H23N3O3/c1-10-5-8-21-13(10)15(20)18-7-2-6-17-14(19)11-3-4-12(16)9-11/h5,8,11-12H,2-4,6-7,9,16H2,1H3,(H,17,19)(H,18,20). The number of hydrogen-bond acceptors (Lipinski definition) is 4. The summed E-state index contributed by atoms with van der Waals surface area (Å²) < 4.78 is 5.11. The Morgan fingerprint density at radius 1 is 1.33 bits per heavy atom. The van der Waals surface area contributed by atoms with Gasteiger partial charge in [0.2, 0.25) is 5.91 Å². The number of carbonyl (C=O) groups excluding carboxylic acids is 2. The molecule has 1 heterocycles. The van der Waals surface area contributed by atoms with Gasteiger partial charge in [0.1, 0.15) is 0 Å². The number of nitrogens with one attached hydrogen (secondary N) is 2. The van der Waals surface area contributed by atoms with Gasteiger partial charge in [-0.1, -0.05) is 0 Å². The first-order chi connectivity index (χ1) is 10.1. The molecule has 6 nitrogen and oxygen atoms in total. The summed E-state index contributed by atoms with van der Waals surface area (Å²) >= 11 is 0. The molecular formula is C15H23N3O3. The Morgan fingerprint density at radius 3 is 2.71 bits per heavy atom. The number of furan rings is 1. The average molecular weight is 293 g/mol. The minimum Gasteiger partial charge on any atom is -0.459 e. The maximum atomic E-state index is 11.9. The van der Waals surface area contributed by atoms with E-state index in [0.29, 0.717) is 25.3 Å². The fraction of sp³-hybridized carbons (Fsp3) is 0.600. The van der Waals surface area contributed by atoms with E-state index in [2.05, 4.69) is 10.6 Å². The second kappa shape index (κ2) is 7.26. The van der Waals surface area contributed by atoms with Gasteiger partial charge in [-0.2, -0.15) is 0 Å². The first-order valence-corrected chi connectivity index (χ1v) is 7.43. The molecule has 2 rings (SSSR count). The van der Waals surface area contributed by atoms with E-state index in [1.807, 2.05) is 6.92 Å². The highest BCUT2D eigenvalue weighted by Crippen LogP contribution is 2.23. The van der Waals surface area contributed by atoms with Gasteiger partial charge in [0, 0.05) is 30.6 Å². The Labute approximate surface area is 124 Å². The van der Waals surface area contributed by atoms with Crippen molar-refractivity contribution in [1.82, 2.24) is 10.6 Å². The first-order valence-electron chi connectivity index (χ1n) is 7.43. The van der Waals surface area contributed by atoms with Gasteiger partial charge >= 0.3 is 0 Å². The van der Waals surface area contributed by atoms with E-state index in [9.17, 15) is 9.59 Å². The van der Waals surface area contributed by atoms with Crippen molar-refractivity contribution < 1.29 is 14.0 Å². The van der Waals surface area contributed by atoms with Gasteiger partial charge < -0.3 is 20.8 Å².